The fourth-order valence-electron chi connectivity index (χ4n) is 0.507. The van der Waals surface area contributed by atoms with E-state index < -0.39 is 0 Å². The Balaban J connectivity index is 3.18. The Kier molecular flexibility index (Phi) is 8.00. The van der Waals surface area contributed by atoms with Crippen LogP contribution in [0.2, 0.25) is 0 Å². The Hall–Kier alpha value is 1.05. The molecule has 0 heterocycles. The second-order valence-corrected chi connectivity index (χ2v) is 6.01. The van der Waals surface area contributed by atoms with Crippen LogP contribution in [-0.2, 0) is 0 Å². The lowest BCUT2D eigenvalue weighted by atomic mass is 10.6. The van der Waals surface area contributed by atoms with Crippen LogP contribution in [0.3, 0.4) is 0 Å². The van der Waals surface area contributed by atoms with Crippen molar-refractivity contribution in [1.29, 1.82) is 0 Å². The lowest BCUT2D eigenvalue weighted by Crippen LogP contribution is -1.91. The third-order valence-corrected chi connectivity index (χ3v) is 5.00. The van der Waals surface area contributed by atoms with Crippen LogP contribution in [0.15, 0.2) is 0 Å². The summed E-state index contributed by atoms with van der Waals surface area (Å²) in [5.41, 5.74) is 0. The summed E-state index contributed by atoms with van der Waals surface area (Å²) >= 11 is 2.04. The van der Waals surface area contributed by atoms with E-state index in [1.54, 1.807) is 0 Å². The van der Waals surface area contributed by atoms with Crippen molar-refractivity contribution in [2.45, 2.75) is 24.9 Å². The van der Waals surface area contributed by atoms with E-state index in [4.69, 9.17) is 0 Å². The third kappa shape index (κ3) is 5.49. The summed E-state index contributed by atoms with van der Waals surface area (Å²) < 4.78 is 0.810. The van der Waals surface area contributed by atoms with Gasteiger partial charge in [-0.3, -0.25) is 0 Å². The highest BCUT2D eigenvalue weighted by Crippen LogP contribution is 2.33. The van der Waals surface area contributed by atoms with Gasteiger partial charge < -0.3 is 0 Å². The molecule has 0 amide bonds. The molecule has 1 unspecified atom stereocenters. The van der Waals surface area contributed by atoms with E-state index in [2.05, 4.69) is 20.1 Å². The molecule has 0 aromatic heterocycles. The molecule has 9 heavy (non-hydrogen) atoms. The average Bonchev–Trinajstić information content (AvgIpc) is 1.88. The fraction of sp³-hybridized carbons (Fsp3) is 1.00. The quantitative estimate of drug-likeness (QED) is 0.472. The van der Waals surface area contributed by atoms with Crippen molar-refractivity contribution in [1.82, 2.24) is 0 Å². The minimum Gasteiger partial charge on any atom is -0.147 e. The molecule has 0 aliphatic carbocycles. The number of thioether (sulfide) groups is 1. The third-order valence-electron chi connectivity index (χ3n) is 0.889. The zero-order chi connectivity index (χ0) is 7.11. The molecule has 0 rings (SSSR count). The Bertz CT molecular complexity index is 50.3. The van der Waals surface area contributed by atoms with Crippen LogP contribution in [0.1, 0.15) is 20.3 Å². The second kappa shape index (κ2) is 7.16. The predicted octanol–water partition coefficient (Wildman–Crippen LogP) is 3.49. The van der Waals surface area contributed by atoms with Crippen LogP contribution in [0, 0.1) is 0 Å². The molecular weight excluding hydrogens is 168 g/mol. The van der Waals surface area contributed by atoms with Crippen molar-refractivity contribution in [2.75, 3.05) is 12.0 Å². The number of hydrogen-bond acceptors (Lipinski definition) is 3. The van der Waals surface area contributed by atoms with Crippen molar-refractivity contribution in [3.63, 3.8) is 0 Å². The topological polar surface area (TPSA) is 0 Å². The van der Waals surface area contributed by atoms with Gasteiger partial charge in [-0.1, -0.05) is 35.4 Å². The largest absolute Gasteiger partial charge is 0.147 e. The summed E-state index contributed by atoms with van der Waals surface area (Å²) in [6.07, 6.45) is 3.42. The normalized spacial score (nSPS) is 13.7. The lowest BCUT2D eigenvalue weighted by molar-refractivity contribution is 1.06. The van der Waals surface area contributed by atoms with Crippen LogP contribution in [-0.4, -0.2) is 16.6 Å². The lowest BCUT2D eigenvalue weighted by Gasteiger charge is -2.09. The van der Waals surface area contributed by atoms with Crippen LogP contribution >= 0.6 is 33.3 Å². The maximum absolute atomic E-state index is 2.25. The van der Waals surface area contributed by atoms with E-state index in [9.17, 15) is 0 Å². The summed E-state index contributed by atoms with van der Waals surface area (Å²) in [7, 11) is 3.85. The molecule has 0 N–H and O–H groups in total. The van der Waals surface area contributed by atoms with Crippen LogP contribution in [0.25, 0.3) is 0 Å². The van der Waals surface area contributed by atoms with Gasteiger partial charge in [0.2, 0.25) is 0 Å². The highest BCUT2D eigenvalue weighted by Gasteiger charge is 2.03. The van der Waals surface area contributed by atoms with Crippen molar-refractivity contribution in [3.05, 3.63) is 0 Å². The van der Waals surface area contributed by atoms with Gasteiger partial charge in [0.05, 0.1) is 4.58 Å². The molecule has 56 valence electrons. The van der Waals surface area contributed by atoms with Crippen molar-refractivity contribution < 1.29 is 0 Å². The van der Waals surface area contributed by atoms with Crippen molar-refractivity contribution >= 4 is 33.3 Å². The second-order valence-electron chi connectivity index (χ2n) is 1.56. The zero-order valence-electron chi connectivity index (χ0n) is 6.22. The first kappa shape index (κ1) is 10.0. The Morgan fingerprint density at radius 1 is 1.33 bits per heavy atom. The molecule has 0 aliphatic heterocycles. The van der Waals surface area contributed by atoms with E-state index in [1.165, 1.54) is 12.2 Å². The van der Waals surface area contributed by atoms with Gasteiger partial charge in [-0.2, -0.15) is 0 Å². The van der Waals surface area contributed by atoms with Gasteiger partial charge in [0.15, 0.2) is 0 Å². The summed E-state index contributed by atoms with van der Waals surface area (Å²) in [5, 5.41) is 0. The van der Waals surface area contributed by atoms with E-state index in [-0.39, 0.29) is 0 Å². The predicted molar refractivity (Wildman–Crippen MR) is 53.3 cm³/mol. The molecule has 0 aromatic rings. The molecule has 0 aromatic carbocycles. The molecule has 0 saturated carbocycles. The molecule has 0 saturated heterocycles. The van der Waals surface area contributed by atoms with Crippen molar-refractivity contribution in [3.8, 4) is 0 Å². The molecule has 0 radical (unpaired) electrons. The summed E-state index contributed by atoms with van der Waals surface area (Å²) in [6, 6.07) is 0. The molecule has 0 fully saturated rings. The summed E-state index contributed by atoms with van der Waals surface area (Å²) in [5.74, 6) is 1.24. The first-order valence-electron chi connectivity index (χ1n) is 3.16. The number of hydrogen-bond donors (Lipinski definition) is 0. The monoisotopic (exact) mass is 182 g/mol. The van der Waals surface area contributed by atoms with Gasteiger partial charge in [0.1, 0.15) is 0 Å². The highest BCUT2D eigenvalue weighted by atomic mass is 33.1. The zero-order valence-corrected chi connectivity index (χ0v) is 8.67. The first-order valence-corrected chi connectivity index (χ1v) is 6.83. The van der Waals surface area contributed by atoms with Gasteiger partial charge in [0, 0.05) is 0 Å². The van der Waals surface area contributed by atoms with E-state index in [0.29, 0.717) is 0 Å². The van der Waals surface area contributed by atoms with Gasteiger partial charge in [-0.25, -0.2) is 0 Å². The Morgan fingerprint density at radius 3 is 2.33 bits per heavy atom. The summed E-state index contributed by atoms with van der Waals surface area (Å²) in [6.45, 7) is 4.46. The molecule has 0 spiro atoms. The average molecular weight is 182 g/mol. The van der Waals surface area contributed by atoms with E-state index in [0.717, 1.165) is 4.58 Å². The molecule has 1 atom stereocenters. The van der Waals surface area contributed by atoms with Crippen LogP contribution in [0.4, 0.5) is 0 Å². The SMILES string of the molecule is CCSC(CC)SSC. The van der Waals surface area contributed by atoms with Crippen LogP contribution in [0.5, 0.6) is 0 Å². The van der Waals surface area contributed by atoms with Crippen molar-refractivity contribution in [2.24, 2.45) is 0 Å². The van der Waals surface area contributed by atoms with Gasteiger partial charge in [-0.15, -0.1) is 11.8 Å². The minimum atomic E-state index is 0.810. The fourth-order valence-corrected chi connectivity index (χ4v) is 4.35. The number of rotatable bonds is 5. The molecule has 0 aliphatic rings. The molecular formula is C6H14S3. The maximum atomic E-state index is 2.25. The molecule has 0 nitrogen and oxygen atoms in total. The smallest absolute Gasteiger partial charge is 0.0603 e. The van der Waals surface area contributed by atoms with Gasteiger partial charge >= 0.3 is 0 Å². The minimum absolute atomic E-state index is 0.810. The standard InChI is InChI=1S/C6H14S3/c1-4-6(8-5-2)9-7-3/h6H,4-5H2,1-3H3. The van der Waals surface area contributed by atoms with Gasteiger partial charge in [0.25, 0.3) is 0 Å². The Morgan fingerprint density at radius 2 is 2.00 bits per heavy atom. The Labute approximate surface area is 70.3 Å². The van der Waals surface area contributed by atoms with Gasteiger partial charge in [-0.05, 0) is 18.4 Å². The maximum Gasteiger partial charge on any atom is 0.0603 e. The highest BCUT2D eigenvalue weighted by molar-refractivity contribution is 8.78. The summed E-state index contributed by atoms with van der Waals surface area (Å²) in [4.78, 5) is 0. The molecule has 0 bridgehead atoms. The van der Waals surface area contributed by atoms with Crippen LogP contribution < -0.4 is 0 Å². The molecule has 3 heteroatoms. The first-order chi connectivity index (χ1) is 4.35. The van der Waals surface area contributed by atoms with E-state index >= 15 is 0 Å². The van der Waals surface area contributed by atoms with E-state index in [1.807, 2.05) is 33.3 Å².